The van der Waals surface area contributed by atoms with Gasteiger partial charge in [0.25, 0.3) is 0 Å². The molecule has 0 radical (unpaired) electrons. The number of rotatable bonds is 8. The van der Waals surface area contributed by atoms with E-state index in [1.54, 1.807) is 24.3 Å². The molecule has 0 atom stereocenters. The van der Waals surface area contributed by atoms with Crippen LogP contribution in [-0.2, 0) is 0 Å². The Morgan fingerprint density at radius 1 is 0.960 bits per heavy atom. The summed E-state index contributed by atoms with van der Waals surface area (Å²) in [6.45, 7) is 2.99. The number of hydrogen-bond acceptors (Lipinski definition) is 6. The number of carbonyl (C=O) groups is 1. The predicted molar refractivity (Wildman–Crippen MR) is 96.3 cm³/mol. The lowest BCUT2D eigenvalue weighted by Gasteiger charge is -2.13. The first kappa shape index (κ1) is 18.4. The van der Waals surface area contributed by atoms with Gasteiger partial charge in [-0.1, -0.05) is 6.92 Å². The van der Waals surface area contributed by atoms with Crippen LogP contribution in [0.5, 0.6) is 23.0 Å². The average molecular weight is 345 g/mol. The third kappa shape index (κ3) is 4.56. The number of methoxy groups -OCH3 is 3. The highest BCUT2D eigenvalue weighted by atomic mass is 16.5. The van der Waals surface area contributed by atoms with E-state index in [4.69, 9.17) is 18.9 Å². The highest BCUT2D eigenvalue weighted by Gasteiger charge is 2.18. The molecule has 0 fully saturated rings. The molecule has 0 spiro atoms. The van der Waals surface area contributed by atoms with Crippen molar-refractivity contribution in [3.05, 3.63) is 42.0 Å². The Balaban J connectivity index is 2.17. The normalized spacial score (nSPS) is 10.1. The van der Waals surface area contributed by atoms with Crippen molar-refractivity contribution in [2.75, 3.05) is 33.2 Å². The van der Waals surface area contributed by atoms with E-state index in [1.807, 2.05) is 12.1 Å². The Bertz CT molecular complexity index is 687. The number of benzene rings is 2. The van der Waals surface area contributed by atoms with Crippen LogP contribution in [0.3, 0.4) is 0 Å². The monoisotopic (exact) mass is 345 g/mol. The van der Waals surface area contributed by atoms with Crippen molar-refractivity contribution in [1.82, 2.24) is 0 Å². The van der Waals surface area contributed by atoms with Crippen molar-refractivity contribution in [3.8, 4) is 23.0 Å². The van der Waals surface area contributed by atoms with Crippen molar-refractivity contribution in [3.63, 3.8) is 0 Å². The third-order valence-corrected chi connectivity index (χ3v) is 3.54. The fourth-order valence-electron chi connectivity index (χ4n) is 2.28. The third-order valence-electron chi connectivity index (χ3n) is 3.54. The van der Waals surface area contributed by atoms with Crippen molar-refractivity contribution < 1.29 is 23.7 Å². The molecule has 2 aromatic rings. The van der Waals surface area contributed by atoms with Crippen LogP contribution >= 0.6 is 0 Å². The summed E-state index contributed by atoms with van der Waals surface area (Å²) in [6.07, 6.45) is 1.04. The zero-order chi connectivity index (χ0) is 18.2. The molecule has 0 heterocycles. The Morgan fingerprint density at radius 3 is 2.04 bits per heavy atom. The minimum Gasteiger partial charge on any atom is -0.493 e. The second-order valence-corrected chi connectivity index (χ2v) is 5.25. The first-order chi connectivity index (χ1) is 12.1. The molecule has 2 aromatic carbocycles. The smallest absolute Gasteiger partial charge is 0.343 e. The van der Waals surface area contributed by atoms with Gasteiger partial charge in [-0.25, -0.2) is 4.79 Å². The van der Waals surface area contributed by atoms with Gasteiger partial charge in [0.05, 0.1) is 26.9 Å². The van der Waals surface area contributed by atoms with Gasteiger partial charge in [-0.2, -0.15) is 0 Å². The van der Waals surface area contributed by atoms with Gasteiger partial charge in [0, 0.05) is 12.2 Å². The van der Waals surface area contributed by atoms with E-state index >= 15 is 0 Å². The molecular weight excluding hydrogens is 322 g/mol. The molecule has 25 heavy (non-hydrogen) atoms. The molecule has 134 valence electrons. The maximum atomic E-state index is 12.4. The number of anilines is 1. The predicted octanol–water partition coefficient (Wildman–Crippen LogP) is 3.75. The van der Waals surface area contributed by atoms with Crippen molar-refractivity contribution in [1.29, 1.82) is 0 Å². The first-order valence-electron chi connectivity index (χ1n) is 7.99. The summed E-state index contributed by atoms with van der Waals surface area (Å²) in [5, 5.41) is 3.26. The molecule has 0 aliphatic heterocycles. The molecule has 0 aromatic heterocycles. The van der Waals surface area contributed by atoms with Gasteiger partial charge in [-0.15, -0.1) is 0 Å². The van der Waals surface area contributed by atoms with Crippen LogP contribution in [0.4, 0.5) is 5.69 Å². The maximum absolute atomic E-state index is 12.4. The highest BCUT2D eigenvalue weighted by molar-refractivity contribution is 5.92. The average Bonchev–Trinajstić information content (AvgIpc) is 2.66. The summed E-state index contributed by atoms with van der Waals surface area (Å²) >= 11 is 0. The summed E-state index contributed by atoms with van der Waals surface area (Å²) in [7, 11) is 4.50. The summed E-state index contributed by atoms with van der Waals surface area (Å²) in [5.74, 6) is 1.17. The van der Waals surface area contributed by atoms with Crippen LogP contribution in [0, 0.1) is 0 Å². The molecule has 1 N–H and O–H groups in total. The molecule has 0 saturated carbocycles. The van der Waals surface area contributed by atoms with Crippen LogP contribution in [0.2, 0.25) is 0 Å². The largest absolute Gasteiger partial charge is 0.493 e. The second-order valence-electron chi connectivity index (χ2n) is 5.25. The Hall–Kier alpha value is -2.89. The van der Waals surface area contributed by atoms with E-state index in [2.05, 4.69) is 12.2 Å². The zero-order valence-electron chi connectivity index (χ0n) is 14.9. The van der Waals surface area contributed by atoms with E-state index in [-0.39, 0.29) is 0 Å². The van der Waals surface area contributed by atoms with Crippen molar-refractivity contribution >= 4 is 11.7 Å². The van der Waals surface area contributed by atoms with Gasteiger partial charge >= 0.3 is 5.97 Å². The van der Waals surface area contributed by atoms with Gasteiger partial charge in [0.1, 0.15) is 5.75 Å². The zero-order valence-corrected chi connectivity index (χ0v) is 14.9. The Morgan fingerprint density at radius 2 is 1.56 bits per heavy atom. The van der Waals surface area contributed by atoms with Crippen LogP contribution in [0.25, 0.3) is 0 Å². The fourth-order valence-corrected chi connectivity index (χ4v) is 2.28. The molecule has 0 amide bonds. The van der Waals surface area contributed by atoms with Gasteiger partial charge in [-0.05, 0) is 42.8 Å². The molecule has 0 aliphatic rings. The van der Waals surface area contributed by atoms with Crippen molar-refractivity contribution in [2.45, 2.75) is 13.3 Å². The molecule has 6 heteroatoms. The van der Waals surface area contributed by atoms with Gasteiger partial charge in [0.15, 0.2) is 11.5 Å². The van der Waals surface area contributed by atoms with Crippen molar-refractivity contribution in [2.24, 2.45) is 0 Å². The number of esters is 1. The summed E-state index contributed by atoms with van der Waals surface area (Å²) < 4.78 is 21.2. The van der Waals surface area contributed by atoms with E-state index in [1.165, 1.54) is 21.3 Å². The molecule has 2 rings (SSSR count). The summed E-state index contributed by atoms with van der Waals surface area (Å²) in [4.78, 5) is 12.4. The van der Waals surface area contributed by atoms with Crippen LogP contribution < -0.4 is 24.3 Å². The highest BCUT2D eigenvalue weighted by Crippen LogP contribution is 2.38. The minimum atomic E-state index is -0.506. The standard InChI is InChI=1S/C19H23NO5/c1-5-10-20-14-6-8-15(9-7-14)25-19(21)13-11-16(22-2)18(24-4)17(12-13)23-3/h6-9,11-12,20H,5,10H2,1-4H3. The quantitative estimate of drug-likeness (QED) is 0.580. The van der Waals surface area contributed by atoms with Crippen LogP contribution in [0.1, 0.15) is 23.7 Å². The van der Waals surface area contributed by atoms with Gasteiger partial charge < -0.3 is 24.3 Å². The van der Waals surface area contributed by atoms with Gasteiger partial charge in [0.2, 0.25) is 5.75 Å². The summed E-state index contributed by atoms with van der Waals surface area (Å²) in [6, 6.07) is 10.3. The number of carbonyl (C=O) groups excluding carboxylic acids is 1. The lowest BCUT2D eigenvalue weighted by Crippen LogP contribution is -2.09. The van der Waals surface area contributed by atoms with Gasteiger partial charge in [-0.3, -0.25) is 0 Å². The first-order valence-corrected chi connectivity index (χ1v) is 7.99. The number of ether oxygens (including phenoxy) is 4. The minimum absolute atomic E-state index is 0.308. The van der Waals surface area contributed by atoms with E-state index in [9.17, 15) is 4.79 Å². The molecule has 0 saturated heterocycles. The van der Waals surface area contributed by atoms with E-state index < -0.39 is 5.97 Å². The van der Waals surface area contributed by atoms with E-state index in [0.29, 0.717) is 28.6 Å². The van der Waals surface area contributed by atoms with Crippen LogP contribution in [-0.4, -0.2) is 33.8 Å². The Labute approximate surface area is 147 Å². The molecule has 0 unspecified atom stereocenters. The fraction of sp³-hybridized carbons (Fsp3) is 0.316. The number of nitrogens with one attached hydrogen (secondary N) is 1. The summed E-state index contributed by atoms with van der Waals surface area (Å²) in [5.41, 5.74) is 1.29. The lowest BCUT2D eigenvalue weighted by atomic mass is 10.2. The number of hydrogen-bond donors (Lipinski definition) is 1. The maximum Gasteiger partial charge on any atom is 0.343 e. The molecular formula is C19H23NO5. The Kier molecular flexibility index (Phi) is 6.51. The molecule has 6 nitrogen and oxygen atoms in total. The molecule has 0 aliphatic carbocycles. The lowest BCUT2D eigenvalue weighted by molar-refractivity contribution is 0.0734. The SMILES string of the molecule is CCCNc1ccc(OC(=O)c2cc(OC)c(OC)c(OC)c2)cc1. The second kappa shape index (κ2) is 8.82. The topological polar surface area (TPSA) is 66.0 Å². The molecule has 0 bridgehead atoms. The van der Waals surface area contributed by atoms with E-state index in [0.717, 1.165) is 18.7 Å². The van der Waals surface area contributed by atoms with Crippen LogP contribution in [0.15, 0.2) is 36.4 Å².